The topological polar surface area (TPSA) is 79.5 Å². The summed E-state index contributed by atoms with van der Waals surface area (Å²) in [5.41, 5.74) is 0. The highest BCUT2D eigenvalue weighted by atomic mass is 16.5. The summed E-state index contributed by atoms with van der Waals surface area (Å²) in [5.74, 6) is 1.43. The van der Waals surface area contributed by atoms with Crippen molar-refractivity contribution in [3.63, 3.8) is 0 Å². The minimum Gasteiger partial charge on any atom is -0.396 e. The van der Waals surface area contributed by atoms with E-state index in [-0.39, 0.29) is 18.4 Å². The Balaban J connectivity index is 1.78. The molecule has 1 aliphatic heterocycles. The molecular weight excluding hydrogens is 222 g/mol. The lowest BCUT2D eigenvalue weighted by molar-refractivity contribution is -0.130. The Kier molecular flexibility index (Phi) is 3.73. The number of carbonyl (C=O) groups excluding carboxylic acids is 1. The van der Waals surface area contributed by atoms with E-state index in [0.29, 0.717) is 31.1 Å². The lowest BCUT2D eigenvalue weighted by Gasteiger charge is -2.15. The highest BCUT2D eigenvalue weighted by Crippen LogP contribution is 2.16. The van der Waals surface area contributed by atoms with Crippen LogP contribution in [0.25, 0.3) is 0 Å². The minimum atomic E-state index is 0.0943. The molecule has 1 fully saturated rings. The lowest BCUT2D eigenvalue weighted by atomic mass is 10.1. The molecule has 17 heavy (non-hydrogen) atoms. The van der Waals surface area contributed by atoms with Crippen molar-refractivity contribution in [1.82, 2.24) is 15.0 Å². The molecule has 0 spiro atoms. The van der Waals surface area contributed by atoms with E-state index in [4.69, 9.17) is 9.63 Å². The number of aliphatic hydroxyl groups excluding tert-OH is 1. The number of rotatable bonds is 4. The zero-order valence-electron chi connectivity index (χ0n) is 9.93. The first-order chi connectivity index (χ1) is 8.19. The predicted octanol–water partition coefficient (Wildman–Crippen LogP) is 0.151. The van der Waals surface area contributed by atoms with Crippen LogP contribution in [0.5, 0.6) is 0 Å². The van der Waals surface area contributed by atoms with Crippen LogP contribution in [0.4, 0.5) is 0 Å². The maximum absolute atomic E-state index is 11.8. The van der Waals surface area contributed by atoms with Gasteiger partial charge in [-0.05, 0) is 13.3 Å². The summed E-state index contributed by atoms with van der Waals surface area (Å²) >= 11 is 0. The van der Waals surface area contributed by atoms with Gasteiger partial charge in [-0.25, -0.2) is 0 Å². The highest BCUT2D eigenvalue weighted by molar-refractivity contribution is 5.76. The summed E-state index contributed by atoms with van der Waals surface area (Å²) in [5, 5.41) is 12.7. The van der Waals surface area contributed by atoms with E-state index in [1.54, 1.807) is 11.8 Å². The Bertz CT molecular complexity index is 391. The molecule has 1 atom stereocenters. The van der Waals surface area contributed by atoms with E-state index >= 15 is 0 Å². The largest absolute Gasteiger partial charge is 0.396 e. The minimum absolute atomic E-state index is 0.0943. The summed E-state index contributed by atoms with van der Waals surface area (Å²) in [6, 6.07) is 0. The van der Waals surface area contributed by atoms with Crippen LogP contribution >= 0.6 is 0 Å². The van der Waals surface area contributed by atoms with Gasteiger partial charge in [-0.3, -0.25) is 4.79 Å². The number of likely N-dealkylation sites (tertiary alicyclic amines) is 1. The quantitative estimate of drug-likeness (QED) is 0.809. The average Bonchev–Trinajstić information content (AvgIpc) is 2.94. The van der Waals surface area contributed by atoms with Crippen molar-refractivity contribution in [3.8, 4) is 0 Å². The zero-order chi connectivity index (χ0) is 12.3. The lowest BCUT2D eigenvalue weighted by Crippen LogP contribution is -2.29. The van der Waals surface area contributed by atoms with Crippen LogP contribution in [-0.4, -0.2) is 45.8 Å². The van der Waals surface area contributed by atoms with Crippen LogP contribution in [0.3, 0.4) is 0 Å². The van der Waals surface area contributed by atoms with E-state index in [9.17, 15) is 4.79 Å². The van der Waals surface area contributed by atoms with Crippen LogP contribution in [0.15, 0.2) is 4.52 Å². The number of hydrogen-bond donors (Lipinski definition) is 1. The Morgan fingerprint density at radius 1 is 1.65 bits per heavy atom. The van der Waals surface area contributed by atoms with Gasteiger partial charge < -0.3 is 14.5 Å². The molecule has 1 aromatic rings. The van der Waals surface area contributed by atoms with Gasteiger partial charge in [-0.2, -0.15) is 4.98 Å². The Labute approximate surface area is 99.6 Å². The first-order valence-electron chi connectivity index (χ1n) is 5.87. The molecule has 2 heterocycles. The molecular formula is C11H17N3O3. The Morgan fingerprint density at radius 2 is 2.47 bits per heavy atom. The van der Waals surface area contributed by atoms with Gasteiger partial charge in [-0.1, -0.05) is 5.16 Å². The van der Waals surface area contributed by atoms with E-state index in [1.165, 1.54) is 0 Å². The van der Waals surface area contributed by atoms with Crippen LogP contribution < -0.4 is 0 Å². The fourth-order valence-corrected chi connectivity index (χ4v) is 2.02. The maximum atomic E-state index is 11.8. The average molecular weight is 239 g/mol. The van der Waals surface area contributed by atoms with E-state index in [2.05, 4.69) is 10.1 Å². The number of aliphatic hydroxyl groups is 1. The van der Waals surface area contributed by atoms with Gasteiger partial charge in [0.25, 0.3) is 0 Å². The van der Waals surface area contributed by atoms with Gasteiger partial charge in [0.05, 0.1) is 0 Å². The van der Waals surface area contributed by atoms with Crippen LogP contribution in [-0.2, 0) is 11.2 Å². The Hall–Kier alpha value is -1.43. The summed E-state index contributed by atoms with van der Waals surface area (Å²) in [6.45, 7) is 3.32. The van der Waals surface area contributed by atoms with Crippen molar-refractivity contribution in [3.05, 3.63) is 11.7 Å². The monoisotopic (exact) mass is 239 g/mol. The fourth-order valence-electron chi connectivity index (χ4n) is 2.02. The molecule has 0 aliphatic carbocycles. The Morgan fingerprint density at radius 3 is 3.06 bits per heavy atom. The van der Waals surface area contributed by atoms with Gasteiger partial charge in [0.1, 0.15) is 0 Å². The van der Waals surface area contributed by atoms with Crippen molar-refractivity contribution in [2.45, 2.75) is 26.2 Å². The number of carbonyl (C=O) groups is 1. The maximum Gasteiger partial charge on any atom is 0.227 e. The standard InChI is InChI=1S/C11H17N3O3/c1-8-12-10(17-13-8)2-3-11(16)14-5-4-9(6-14)7-15/h9,15H,2-7H2,1H3. The molecule has 1 unspecified atom stereocenters. The number of amides is 1. The molecule has 0 bridgehead atoms. The fraction of sp³-hybridized carbons (Fsp3) is 0.727. The second-order valence-electron chi connectivity index (χ2n) is 4.41. The number of aryl methyl sites for hydroxylation is 2. The van der Waals surface area contributed by atoms with E-state index < -0.39 is 0 Å². The van der Waals surface area contributed by atoms with Crippen molar-refractivity contribution in [2.24, 2.45) is 5.92 Å². The first kappa shape index (κ1) is 12.0. The molecule has 0 aromatic carbocycles. The van der Waals surface area contributed by atoms with Crippen LogP contribution in [0.1, 0.15) is 24.6 Å². The van der Waals surface area contributed by atoms with Gasteiger partial charge in [0.2, 0.25) is 11.8 Å². The molecule has 6 heteroatoms. The molecule has 1 N–H and O–H groups in total. The first-order valence-corrected chi connectivity index (χ1v) is 5.87. The molecule has 1 amide bonds. The molecule has 94 valence electrons. The molecule has 6 nitrogen and oxygen atoms in total. The molecule has 0 saturated carbocycles. The third-order valence-corrected chi connectivity index (χ3v) is 3.02. The number of aromatic nitrogens is 2. The van der Waals surface area contributed by atoms with Crippen LogP contribution in [0.2, 0.25) is 0 Å². The molecule has 2 rings (SSSR count). The summed E-state index contributed by atoms with van der Waals surface area (Å²) in [6.07, 6.45) is 1.77. The third-order valence-electron chi connectivity index (χ3n) is 3.02. The summed E-state index contributed by atoms with van der Waals surface area (Å²) in [4.78, 5) is 17.7. The van der Waals surface area contributed by atoms with Gasteiger partial charge in [0, 0.05) is 38.5 Å². The predicted molar refractivity (Wildman–Crippen MR) is 59.1 cm³/mol. The van der Waals surface area contributed by atoms with Crippen LogP contribution in [0, 0.1) is 12.8 Å². The molecule has 1 saturated heterocycles. The molecule has 1 aliphatic rings. The van der Waals surface area contributed by atoms with E-state index in [1.807, 2.05) is 0 Å². The van der Waals surface area contributed by atoms with Gasteiger partial charge in [-0.15, -0.1) is 0 Å². The summed E-state index contributed by atoms with van der Waals surface area (Å²) < 4.78 is 4.95. The third kappa shape index (κ3) is 3.03. The van der Waals surface area contributed by atoms with Gasteiger partial charge >= 0.3 is 0 Å². The normalized spacial score (nSPS) is 19.9. The van der Waals surface area contributed by atoms with Crippen molar-refractivity contribution in [1.29, 1.82) is 0 Å². The second-order valence-corrected chi connectivity index (χ2v) is 4.41. The number of nitrogens with zero attached hydrogens (tertiary/aromatic N) is 3. The van der Waals surface area contributed by atoms with E-state index in [0.717, 1.165) is 13.0 Å². The smallest absolute Gasteiger partial charge is 0.227 e. The highest BCUT2D eigenvalue weighted by Gasteiger charge is 2.25. The molecule has 1 aromatic heterocycles. The van der Waals surface area contributed by atoms with Gasteiger partial charge in [0.15, 0.2) is 5.82 Å². The van der Waals surface area contributed by atoms with Crippen molar-refractivity contribution >= 4 is 5.91 Å². The van der Waals surface area contributed by atoms with Crippen molar-refractivity contribution < 1.29 is 14.4 Å². The molecule has 0 radical (unpaired) electrons. The zero-order valence-corrected chi connectivity index (χ0v) is 9.93. The second kappa shape index (κ2) is 5.27. The number of hydrogen-bond acceptors (Lipinski definition) is 5. The van der Waals surface area contributed by atoms with Crippen molar-refractivity contribution in [2.75, 3.05) is 19.7 Å². The SMILES string of the molecule is Cc1noc(CCC(=O)N2CCC(CO)C2)n1. The summed E-state index contributed by atoms with van der Waals surface area (Å²) in [7, 11) is 0.